The third-order valence-electron chi connectivity index (χ3n) is 5.77. The van der Waals surface area contributed by atoms with Crippen molar-refractivity contribution in [3.63, 3.8) is 0 Å². The summed E-state index contributed by atoms with van der Waals surface area (Å²) in [5.41, 5.74) is 3.17. The van der Waals surface area contributed by atoms with E-state index < -0.39 is 22.0 Å². The molecule has 0 aliphatic rings. The Balaban J connectivity index is 2.47. The first-order valence-electron chi connectivity index (χ1n) is 11.2. The second-order valence-corrected chi connectivity index (χ2v) is 10.9. The number of hydrogen-bond donors (Lipinski definition) is 1. The van der Waals surface area contributed by atoms with Crippen LogP contribution in [0, 0.1) is 6.92 Å². The number of aryl methyl sites for hydroxylation is 1. The van der Waals surface area contributed by atoms with Crippen LogP contribution in [-0.4, -0.2) is 40.8 Å². The van der Waals surface area contributed by atoms with Crippen LogP contribution in [0.15, 0.2) is 30.3 Å². The van der Waals surface area contributed by atoms with Crippen LogP contribution >= 0.6 is 11.6 Å². The Labute approximate surface area is 208 Å². The van der Waals surface area contributed by atoms with Gasteiger partial charge in [0.2, 0.25) is 15.9 Å². The molecule has 9 heteroatoms. The van der Waals surface area contributed by atoms with E-state index in [1.165, 1.54) is 13.2 Å². The normalized spacial score (nSPS) is 13.4. The molecule has 1 amide bonds. The van der Waals surface area contributed by atoms with Gasteiger partial charge in [0.15, 0.2) is 0 Å². The Morgan fingerprint density at radius 3 is 2.18 bits per heavy atom. The topological polar surface area (TPSA) is 84.9 Å². The molecule has 0 radical (unpaired) electrons. The van der Waals surface area contributed by atoms with E-state index in [0.717, 1.165) is 33.0 Å². The standard InChI is InChI=1S/C25H35ClN2O5S/c1-9-21(28(34(8,30)31)22-13-18(26)10-11-23(22)32-6)25(29)27-17(5)20-14-19(15(2)3)24(33-7)12-16(20)4/h10-15,17,21H,9H2,1-8H3,(H,27,29). The van der Waals surface area contributed by atoms with E-state index in [1.54, 1.807) is 26.2 Å². The lowest BCUT2D eigenvalue weighted by Gasteiger charge is -2.32. The fourth-order valence-corrected chi connectivity index (χ4v) is 5.44. The number of benzene rings is 2. The van der Waals surface area contributed by atoms with Crippen molar-refractivity contribution in [2.45, 2.75) is 59.0 Å². The molecule has 34 heavy (non-hydrogen) atoms. The Hall–Kier alpha value is -2.45. The molecule has 2 atom stereocenters. The molecule has 2 aromatic carbocycles. The average molecular weight is 511 g/mol. The summed E-state index contributed by atoms with van der Waals surface area (Å²) in [6, 6.07) is 7.33. The van der Waals surface area contributed by atoms with Crippen molar-refractivity contribution >= 4 is 33.2 Å². The van der Waals surface area contributed by atoms with Gasteiger partial charge in [-0.2, -0.15) is 0 Å². The van der Waals surface area contributed by atoms with E-state index >= 15 is 0 Å². The summed E-state index contributed by atoms with van der Waals surface area (Å²) in [5, 5.41) is 3.34. The van der Waals surface area contributed by atoms with Crippen LogP contribution in [0.3, 0.4) is 0 Å². The molecule has 0 saturated carbocycles. The number of nitrogens with one attached hydrogen (secondary N) is 1. The highest BCUT2D eigenvalue weighted by molar-refractivity contribution is 7.92. The zero-order chi connectivity index (χ0) is 25.8. The minimum atomic E-state index is -3.84. The predicted molar refractivity (Wildman–Crippen MR) is 138 cm³/mol. The average Bonchev–Trinajstić information content (AvgIpc) is 2.75. The molecule has 2 rings (SSSR count). The second kappa shape index (κ2) is 11.3. The van der Waals surface area contributed by atoms with E-state index in [1.807, 2.05) is 26.0 Å². The molecule has 2 aromatic rings. The minimum absolute atomic E-state index is 0.217. The van der Waals surface area contributed by atoms with Gasteiger partial charge in [-0.05, 0) is 73.2 Å². The zero-order valence-electron chi connectivity index (χ0n) is 21.1. The maximum absolute atomic E-state index is 13.4. The van der Waals surface area contributed by atoms with Gasteiger partial charge in [-0.3, -0.25) is 9.10 Å². The molecule has 0 spiro atoms. The Bertz CT molecular complexity index is 1130. The molecule has 7 nitrogen and oxygen atoms in total. The summed E-state index contributed by atoms with van der Waals surface area (Å²) in [7, 11) is -0.762. The number of hydrogen-bond acceptors (Lipinski definition) is 5. The van der Waals surface area contributed by atoms with Crippen molar-refractivity contribution < 1.29 is 22.7 Å². The van der Waals surface area contributed by atoms with E-state index in [4.69, 9.17) is 21.1 Å². The molecule has 1 N–H and O–H groups in total. The zero-order valence-corrected chi connectivity index (χ0v) is 22.7. The van der Waals surface area contributed by atoms with Crippen molar-refractivity contribution in [3.05, 3.63) is 52.0 Å². The molecular weight excluding hydrogens is 476 g/mol. The summed E-state index contributed by atoms with van der Waals surface area (Å²) < 4.78 is 37.7. The summed E-state index contributed by atoms with van der Waals surface area (Å²) >= 11 is 6.15. The minimum Gasteiger partial charge on any atom is -0.496 e. The number of halogens is 1. The first-order valence-corrected chi connectivity index (χ1v) is 13.4. The number of ether oxygens (including phenoxy) is 2. The summed E-state index contributed by atoms with van der Waals surface area (Å²) in [4.78, 5) is 13.4. The molecule has 0 aliphatic heterocycles. The number of nitrogens with zero attached hydrogens (tertiary/aromatic N) is 1. The van der Waals surface area contributed by atoms with E-state index in [-0.39, 0.29) is 24.1 Å². The van der Waals surface area contributed by atoms with Crippen LogP contribution in [-0.2, 0) is 14.8 Å². The molecular formula is C25H35ClN2O5S. The van der Waals surface area contributed by atoms with Crippen LogP contribution in [0.2, 0.25) is 5.02 Å². The maximum atomic E-state index is 13.4. The van der Waals surface area contributed by atoms with E-state index in [2.05, 4.69) is 19.2 Å². The molecule has 0 saturated heterocycles. The number of sulfonamides is 1. The first kappa shape index (κ1) is 27.8. The largest absolute Gasteiger partial charge is 0.496 e. The third-order valence-corrected chi connectivity index (χ3v) is 7.17. The SMILES string of the molecule is CCC(C(=O)NC(C)c1cc(C(C)C)c(OC)cc1C)N(c1cc(Cl)ccc1OC)S(C)(=O)=O. The van der Waals surface area contributed by atoms with Crippen molar-refractivity contribution in [3.8, 4) is 11.5 Å². The smallest absolute Gasteiger partial charge is 0.244 e. The van der Waals surface area contributed by atoms with Gasteiger partial charge in [-0.1, -0.05) is 32.4 Å². The lowest BCUT2D eigenvalue weighted by atomic mass is 9.93. The van der Waals surface area contributed by atoms with Gasteiger partial charge in [0.05, 0.1) is 32.2 Å². The van der Waals surface area contributed by atoms with Gasteiger partial charge in [-0.25, -0.2) is 8.42 Å². The molecule has 0 fully saturated rings. The number of amides is 1. The lowest BCUT2D eigenvalue weighted by molar-refractivity contribution is -0.122. The maximum Gasteiger partial charge on any atom is 0.244 e. The quantitative estimate of drug-likeness (QED) is 0.474. The number of carbonyl (C=O) groups excluding carboxylic acids is 1. The van der Waals surface area contributed by atoms with Crippen molar-refractivity contribution in [1.82, 2.24) is 5.32 Å². The number of anilines is 1. The second-order valence-electron chi connectivity index (χ2n) is 8.63. The Morgan fingerprint density at radius 2 is 1.68 bits per heavy atom. The van der Waals surface area contributed by atoms with E-state index in [9.17, 15) is 13.2 Å². The van der Waals surface area contributed by atoms with Crippen LogP contribution in [0.25, 0.3) is 0 Å². The van der Waals surface area contributed by atoms with Gasteiger partial charge in [0, 0.05) is 5.02 Å². The predicted octanol–water partition coefficient (Wildman–Crippen LogP) is 5.21. The molecule has 188 valence electrons. The number of rotatable bonds is 10. The monoisotopic (exact) mass is 510 g/mol. The first-order chi connectivity index (χ1) is 15.8. The van der Waals surface area contributed by atoms with Gasteiger partial charge in [-0.15, -0.1) is 0 Å². The fraction of sp³-hybridized carbons (Fsp3) is 0.480. The Morgan fingerprint density at radius 1 is 1.06 bits per heavy atom. The van der Waals surface area contributed by atoms with Gasteiger partial charge >= 0.3 is 0 Å². The van der Waals surface area contributed by atoms with Crippen LogP contribution < -0.4 is 19.1 Å². The van der Waals surface area contributed by atoms with E-state index in [0.29, 0.717) is 10.8 Å². The molecule has 2 unspecified atom stereocenters. The summed E-state index contributed by atoms with van der Waals surface area (Å²) in [5.74, 6) is 0.930. The summed E-state index contributed by atoms with van der Waals surface area (Å²) in [6.45, 7) is 9.76. The van der Waals surface area contributed by atoms with Crippen LogP contribution in [0.5, 0.6) is 11.5 Å². The number of carbonyl (C=O) groups is 1. The highest BCUT2D eigenvalue weighted by Crippen LogP contribution is 2.36. The number of methoxy groups -OCH3 is 2. The van der Waals surface area contributed by atoms with Gasteiger partial charge in [0.1, 0.15) is 17.5 Å². The highest BCUT2D eigenvalue weighted by atomic mass is 35.5. The Kier molecular flexibility index (Phi) is 9.25. The highest BCUT2D eigenvalue weighted by Gasteiger charge is 2.34. The lowest BCUT2D eigenvalue weighted by Crippen LogP contribution is -2.50. The van der Waals surface area contributed by atoms with Crippen molar-refractivity contribution in [2.75, 3.05) is 24.8 Å². The fourth-order valence-electron chi connectivity index (χ4n) is 4.07. The van der Waals surface area contributed by atoms with Gasteiger partial charge < -0.3 is 14.8 Å². The van der Waals surface area contributed by atoms with Crippen molar-refractivity contribution in [1.29, 1.82) is 0 Å². The third kappa shape index (κ3) is 6.16. The molecule has 0 bridgehead atoms. The van der Waals surface area contributed by atoms with Crippen LogP contribution in [0.4, 0.5) is 5.69 Å². The molecule has 0 heterocycles. The van der Waals surface area contributed by atoms with Gasteiger partial charge in [0.25, 0.3) is 0 Å². The molecule has 0 aromatic heterocycles. The molecule has 0 aliphatic carbocycles. The summed E-state index contributed by atoms with van der Waals surface area (Å²) in [6.07, 6.45) is 1.31. The van der Waals surface area contributed by atoms with Crippen LogP contribution in [0.1, 0.15) is 62.8 Å². The van der Waals surface area contributed by atoms with Crippen molar-refractivity contribution in [2.24, 2.45) is 0 Å².